The minimum absolute atomic E-state index is 0.204. The number of thioether (sulfide) groups is 1. The highest BCUT2D eigenvalue weighted by Gasteiger charge is 2.52. The molecule has 8 nitrogen and oxygen atoms in total. The molecule has 212 valence electrons. The molecule has 42 heavy (non-hydrogen) atoms. The van der Waals surface area contributed by atoms with Crippen molar-refractivity contribution in [1.82, 2.24) is 0 Å². The Labute approximate surface area is 246 Å². The van der Waals surface area contributed by atoms with Crippen molar-refractivity contribution in [2.24, 2.45) is 0 Å². The van der Waals surface area contributed by atoms with E-state index in [-0.39, 0.29) is 17.7 Å². The number of rotatable bonds is 9. The molecule has 0 saturated carbocycles. The third kappa shape index (κ3) is 7.05. The predicted octanol–water partition coefficient (Wildman–Crippen LogP) is 5.59. The maximum Gasteiger partial charge on any atom is 0.339 e. The van der Waals surface area contributed by atoms with Gasteiger partial charge in [0.2, 0.25) is 0 Å². The van der Waals surface area contributed by atoms with Crippen LogP contribution in [-0.4, -0.2) is 53.4 Å². The van der Waals surface area contributed by atoms with Crippen LogP contribution in [0.15, 0.2) is 121 Å². The van der Waals surface area contributed by atoms with Crippen LogP contribution in [0.4, 0.5) is 0 Å². The Morgan fingerprint density at radius 2 is 0.833 bits per heavy atom. The van der Waals surface area contributed by atoms with E-state index in [0.717, 1.165) is 11.8 Å². The van der Waals surface area contributed by atoms with Gasteiger partial charge in [0, 0.05) is 0 Å². The first-order valence-electron chi connectivity index (χ1n) is 13.2. The molecule has 0 radical (unpaired) electrons. The molecule has 0 amide bonds. The molecular weight excluding hydrogens is 556 g/mol. The van der Waals surface area contributed by atoms with E-state index in [4.69, 9.17) is 18.9 Å². The van der Waals surface area contributed by atoms with Gasteiger partial charge in [-0.25, -0.2) is 19.2 Å². The lowest BCUT2D eigenvalue weighted by Gasteiger charge is -2.25. The van der Waals surface area contributed by atoms with Crippen LogP contribution in [0.5, 0.6) is 0 Å². The molecular formula is C33H26O8S. The van der Waals surface area contributed by atoms with Crippen molar-refractivity contribution < 1.29 is 38.1 Å². The van der Waals surface area contributed by atoms with E-state index in [1.807, 2.05) is 0 Å². The number of carbonyl (C=O) groups excluding carboxylic acids is 4. The van der Waals surface area contributed by atoms with Gasteiger partial charge in [0.05, 0.1) is 27.5 Å². The molecule has 1 aliphatic rings. The van der Waals surface area contributed by atoms with Gasteiger partial charge in [-0.2, -0.15) is 0 Å². The molecule has 0 spiro atoms. The van der Waals surface area contributed by atoms with Gasteiger partial charge in [0.15, 0.2) is 17.6 Å². The van der Waals surface area contributed by atoms with Crippen molar-refractivity contribution in [3.63, 3.8) is 0 Å². The Hall–Kier alpha value is -4.89. The summed E-state index contributed by atoms with van der Waals surface area (Å²) in [7, 11) is 0. The Bertz CT molecular complexity index is 1510. The lowest BCUT2D eigenvalue weighted by molar-refractivity contribution is -0.0607. The quantitative estimate of drug-likeness (QED) is 0.184. The van der Waals surface area contributed by atoms with Gasteiger partial charge in [-0.3, -0.25) is 0 Å². The molecule has 9 heteroatoms. The molecule has 1 unspecified atom stereocenters. The van der Waals surface area contributed by atoms with Crippen LogP contribution in [-0.2, 0) is 18.9 Å². The predicted molar refractivity (Wildman–Crippen MR) is 155 cm³/mol. The molecule has 0 aromatic heterocycles. The minimum atomic E-state index is -1.21. The van der Waals surface area contributed by atoms with E-state index >= 15 is 0 Å². The average molecular weight is 583 g/mol. The second kappa shape index (κ2) is 13.6. The SMILES string of the molecule is O=C(OC[C@H]1SC(OC(=O)c2ccccc2)[C@@H](OC(=O)c2ccccc2)[C@H]1OC(=O)c1ccccc1)c1ccccc1. The summed E-state index contributed by atoms with van der Waals surface area (Å²) in [5, 5.41) is -0.729. The second-order valence-corrected chi connectivity index (χ2v) is 10.6. The van der Waals surface area contributed by atoms with Crippen molar-refractivity contribution in [3.8, 4) is 0 Å². The van der Waals surface area contributed by atoms with E-state index < -0.39 is 46.8 Å². The summed E-state index contributed by atoms with van der Waals surface area (Å²) >= 11 is 1.09. The molecule has 0 N–H and O–H groups in total. The summed E-state index contributed by atoms with van der Waals surface area (Å²) in [4.78, 5) is 52.1. The number of hydrogen-bond donors (Lipinski definition) is 0. The smallest absolute Gasteiger partial charge is 0.339 e. The van der Waals surface area contributed by atoms with Crippen LogP contribution >= 0.6 is 11.8 Å². The Kier molecular flexibility index (Phi) is 9.30. The van der Waals surface area contributed by atoms with Gasteiger partial charge < -0.3 is 18.9 Å². The van der Waals surface area contributed by atoms with Crippen LogP contribution in [0, 0.1) is 0 Å². The van der Waals surface area contributed by atoms with Crippen molar-refractivity contribution in [3.05, 3.63) is 144 Å². The summed E-state index contributed by atoms with van der Waals surface area (Å²) in [6, 6.07) is 33.4. The normalized spacial score (nSPS) is 19.3. The lowest BCUT2D eigenvalue weighted by atomic mass is 10.1. The number of benzene rings is 4. The zero-order valence-corrected chi connectivity index (χ0v) is 23.1. The Morgan fingerprint density at radius 3 is 1.26 bits per heavy atom. The zero-order valence-electron chi connectivity index (χ0n) is 22.2. The first kappa shape index (κ1) is 28.6. The lowest BCUT2D eigenvalue weighted by Crippen LogP contribution is -2.42. The van der Waals surface area contributed by atoms with E-state index in [2.05, 4.69) is 0 Å². The fraction of sp³-hybridized carbons (Fsp3) is 0.152. The standard InChI is InChI=1S/C33H26O8S/c34-29(22-13-5-1-6-14-22)38-21-26-27(39-30(35)23-15-7-2-8-16-23)28(40-31(36)24-17-9-3-10-18-24)33(42-26)41-32(37)25-19-11-4-12-20-25/h1-20,26-28,33H,21H2/t26-,27+,28+,33?/m1/s1. The van der Waals surface area contributed by atoms with E-state index in [0.29, 0.717) is 11.1 Å². The largest absolute Gasteiger partial charge is 0.461 e. The monoisotopic (exact) mass is 582 g/mol. The summed E-state index contributed by atoms with van der Waals surface area (Å²) in [5.41, 5.74) is 0.114. The first-order chi connectivity index (χ1) is 20.5. The summed E-state index contributed by atoms with van der Waals surface area (Å²) in [5.74, 6) is -2.59. The average Bonchev–Trinajstić information content (AvgIpc) is 3.35. The fourth-order valence-electron chi connectivity index (χ4n) is 4.28. The number of ether oxygens (including phenoxy) is 4. The topological polar surface area (TPSA) is 105 Å². The Morgan fingerprint density at radius 1 is 0.476 bits per heavy atom. The van der Waals surface area contributed by atoms with E-state index in [1.54, 1.807) is 121 Å². The van der Waals surface area contributed by atoms with Crippen molar-refractivity contribution in [1.29, 1.82) is 0 Å². The molecule has 1 fully saturated rings. The minimum Gasteiger partial charge on any atom is -0.461 e. The van der Waals surface area contributed by atoms with Crippen LogP contribution in [0.2, 0.25) is 0 Å². The van der Waals surface area contributed by atoms with Crippen molar-refractivity contribution in [2.45, 2.75) is 22.9 Å². The number of hydrogen-bond acceptors (Lipinski definition) is 9. The number of esters is 4. The zero-order chi connectivity index (χ0) is 29.3. The summed E-state index contributed by atoms with van der Waals surface area (Å²) in [6.07, 6.45) is -2.32. The third-order valence-electron chi connectivity index (χ3n) is 6.39. The highest BCUT2D eigenvalue weighted by Crippen LogP contribution is 2.40. The summed E-state index contributed by atoms with van der Waals surface area (Å²) in [6.45, 7) is -0.204. The molecule has 1 saturated heterocycles. The molecule has 1 aliphatic heterocycles. The maximum atomic E-state index is 13.2. The van der Waals surface area contributed by atoms with Gasteiger partial charge >= 0.3 is 23.9 Å². The molecule has 0 aliphatic carbocycles. The molecule has 5 rings (SSSR count). The van der Waals surface area contributed by atoms with Crippen molar-refractivity contribution in [2.75, 3.05) is 6.61 Å². The molecule has 4 aromatic carbocycles. The molecule has 4 aromatic rings. The second-order valence-electron chi connectivity index (χ2n) is 9.25. The van der Waals surface area contributed by atoms with Gasteiger partial charge in [0.1, 0.15) is 6.61 Å². The van der Waals surface area contributed by atoms with Gasteiger partial charge in [-0.05, 0) is 48.5 Å². The molecule has 1 heterocycles. The van der Waals surface area contributed by atoms with E-state index in [9.17, 15) is 19.2 Å². The third-order valence-corrected chi connectivity index (χ3v) is 7.78. The first-order valence-corrected chi connectivity index (χ1v) is 14.1. The summed E-state index contributed by atoms with van der Waals surface area (Å²) < 4.78 is 23.1. The fourth-order valence-corrected chi connectivity index (χ4v) is 5.65. The highest BCUT2D eigenvalue weighted by atomic mass is 32.2. The van der Waals surface area contributed by atoms with Crippen LogP contribution in [0.1, 0.15) is 41.4 Å². The molecule has 4 atom stereocenters. The van der Waals surface area contributed by atoms with Gasteiger partial charge in [-0.1, -0.05) is 72.8 Å². The van der Waals surface area contributed by atoms with Gasteiger partial charge in [0.25, 0.3) is 0 Å². The molecule has 0 bridgehead atoms. The highest BCUT2D eigenvalue weighted by molar-refractivity contribution is 8.00. The maximum absolute atomic E-state index is 13.2. The van der Waals surface area contributed by atoms with Crippen LogP contribution in [0.3, 0.4) is 0 Å². The number of carbonyl (C=O) groups is 4. The van der Waals surface area contributed by atoms with Crippen LogP contribution in [0.25, 0.3) is 0 Å². The van der Waals surface area contributed by atoms with Gasteiger partial charge in [-0.15, -0.1) is 11.8 Å². The van der Waals surface area contributed by atoms with Crippen LogP contribution < -0.4 is 0 Å². The van der Waals surface area contributed by atoms with E-state index in [1.165, 1.54) is 0 Å². The Balaban J connectivity index is 1.43. The van der Waals surface area contributed by atoms with Crippen molar-refractivity contribution >= 4 is 35.6 Å².